The number of carbonyl (C=O) groups excluding carboxylic acids is 2. The Labute approximate surface area is 135 Å². The first-order valence-electron chi connectivity index (χ1n) is 7.32. The minimum atomic E-state index is -1.08. The molecule has 0 bridgehead atoms. The van der Waals surface area contributed by atoms with E-state index in [0.29, 0.717) is 18.6 Å². The van der Waals surface area contributed by atoms with E-state index in [2.05, 4.69) is 10.6 Å². The van der Waals surface area contributed by atoms with E-state index < -0.39 is 35.9 Å². The second-order valence-corrected chi connectivity index (χ2v) is 6.33. The van der Waals surface area contributed by atoms with Crippen molar-refractivity contribution < 1.29 is 19.5 Å². The maximum atomic E-state index is 12.3. The molecule has 0 rings (SSSR count). The van der Waals surface area contributed by atoms with E-state index in [1.165, 1.54) is 18.7 Å². The van der Waals surface area contributed by atoms with Crippen LogP contribution < -0.4 is 16.4 Å². The van der Waals surface area contributed by atoms with Gasteiger partial charge < -0.3 is 21.5 Å². The van der Waals surface area contributed by atoms with Crippen LogP contribution in [0.3, 0.4) is 0 Å². The van der Waals surface area contributed by atoms with Gasteiger partial charge in [0.25, 0.3) is 0 Å². The van der Waals surface area contributed by atoms with Crippen LogP contribution in [0, 0.1) is 5.92 Å². The van der Waals surface area contributed by atoms with Crippen LogP contribution in [0.4, 0.5) is 0 Å². The molecule has 0 heterocycles. The highest BCUT2D eigenvalue weighted by atomic mass is 32.2. The Morgan fingerprint density at radius 3 is 2.18 bits per heavy atom. The van der Waals surface area contributed by atoms with Gasteiger partial charge in [-0.2, -0.15) is 11.8 Å². The fourth-order valence-corrected chi connectivity index (χ4v) is 2.22. The molecule has 0 unspecified atom stereocenters. The lowest BCUT2D eigenvalue weighted by atomic mass is 9.98. The molecule has 4 atom stereocenters. The lowest BCUT2D eigenvalue weighted by molar-refractivity contribution is -0.143. The van der Waals surface area contributed by atoms with Crippen molar-refractivity contribution in [3.63, 3.8) is 0 Å². The number of amides is 2. The van der Waals surface area contributed by atoms with Crippen LogP contribution in [0.2, 0.25) is 0 Å². The smallest absolute Gasteiger partial charge is 0.326 e. The minimum absolute atomic E-state index is 0.202. The number of carboxylic acids is 1. The Kier molecular flexibility index (Phi) is 9.84. The highest BCUT2D eigenvalue weighted by molar-refractivity contribution is 7.98. The quantitative estimate of drug-likeness (QED) is 0.453. The van der Waals surface area contributed by atoms with Gasteiger partial charge in [0.05, 0.1) is 6.04 Å². The fraction of sp³-hybridized carbons (Fsp3) is 0.786. The van der Waals surface area contributed by atoms with E-state index in [-0.39, 0.29) is 5.92 Å². The molecule has 5 N–H and O–H groups in total. The number of carbonyl (C=O) groups is 3. The van der Waals surface area contributed by atoms with Gasteiger partial charge in [-0.1, -0.05) is 20.3 Å². The Bertz CT molecular complexity index is 390. The van der Waals surface area contributed by atoms with Crippen molar-refractivity contribution in [2.75, 3.05) is 12.0 Å². The lowest BCUT2D eigenvalue weighted by Gasteiger charge is -2.24. The molecule has 22 heavy (non-hydrogen) atoms. The van der Waals surface area contributed by atoms with Crippen LogP contribution in [-0.4, -0.2) is 53.0 Å². The molecule has 8 heteroatoms. The third-order valence-corrected chi connectivity index (χ3v) is 4.08. The van der Waals surface area contributed by atoms with Crippen molar-refractivity contribution in [3.8, 4) is 0 Å². The van der Waals surface area contributed by atoms with Crippen LogP contribution in [-0.2, 0) is 14.4 Å². The SMILES string of the molecule is CC[C@H](C)[C@H](NC(=O)[C@H](CCSC)NC(=O)[C@H](C)N)C(=O)O. The molecule has 0 saturated heterocycles. The van der Waals surface area contributed by atoms with E-state index in [0.717, 1.165) is 0 Å². The maximum absolute atomic E-state index is 12.3. The summed E-state index contributed by atoms with van der Waals surface area (Å²) < 4.78 is 0. The number of rotatable bonds is 10. The summed E-state index contributed by atoms with van der Waals surface area (Å²) in [6, 6.07) is -2.48. The maximum Gasteiger partial charge on any atom is 0.326 e. The third kappa shape index (κ3) is 7.13. The molecule has 0 aliphatic heterocycles. The van der Waals surface area contributed by atoms with Gasteiger partial charge in [0, 0.05) is 0 Å². The molecule has 0 spiro atoms. The van der Waals surface area contributed by atoms with Crippen LogP contribution in [0.5, 0.6) is 0 Å². The Morgan fingerprint density at radius 1 is 1.18 bits per heavy atom. The highest BCUT2D eigenvalue weighted by Crippen LogP contribution is 2.09. The molecule has 2 amide bonds. The number of hydrogen-bond donors (Lipinski definition) is 4. The summed E-state index contributed by atoms with van der Waals surface area (Å²) in [4.78, 5) is 35.3. The summed E-state index contributed by atoms with van der Waals surface area (Å²) in [5.41, 5.74) is 5.49. The van der Waals surface area contributed by atoms with E-state index >= 15 is 0 Å². The van der Waals surface area contributed by atoms with Gasteiger partial charge >= 0.3 is 5.97 Å². The first-order valence-corrected chi connectivity index (χ1v) is 8.72. The van der Waals surface area contributed by atoms with Gasteiger partial charge in [-0.3, -0.25) is 9.59 Å². The predicted octanol–water partition coefficient (Wildman–Crippen LogP) is 0.187. The topological polar surface area (TPSA) is 122 Å². The van der Waals surface area contributed by atoms with Crippen LogP contribution in [0.1, 0.15) is 33.6 Å². The Hall–Kier alpha value is -1.28. The molecule has 0 saturated carbocycles. The van der Waals surface area contributed by atoms with Gasteiger partial charge in [-0.15, -0.1) is 0 Å². The molecule has 0 radical (unpaired) electrons. The second-order valence-electron chi connectivity index (χ2n) is 5.34. The summed E-state index contributed by atoms with van der Waals surface area (Å²) in [6.45, 7) is 5.14. The zero-order chi connectivity index (χ0) is 17.3. The Balaban J connectivity index is 4.92. The van der Waals surface area contributed by atoms with Crippen molar-refractivity contribution >= 4 is 29.5 Å². The molecule has 0 aliphatic rings. The molecule has 0 aromatic rings. The number of thioether (sulfide) groups is 1. The van der Waals surface area contributed by atoms with Gasteiger partial charge in [0.15, 0.2) is 0 Å². The first kappa shape index (κ1) is 20.7. The van der Waals surface area contributed by atoms with Crippen LogP contribution >= 0.6 is 11.8 Å². The summed E-state index contributed by atoms with van der Waals surface area (Å²) in [5.74, 6) is -1.54. The summed E-state index contributed by atoms with van der Waals surface area (Å²) in [6.07, 6.45) is 2.93. The molecule has 0 aromatic heterocycles. The van der Waals surface area contributed by atoms with Crippen molar-refractivity contribution in [2.45, 2.75) is 51.7 Å². The number of carboxylic acid groups (broad SMARTS) is 1. The number of aliphatic carboxylic acids is 1. The Morgan fingerprint density at radius 2 is 1.77 bits per heavy atom. The van der Waals surface area contributed by atoms with Crippen molar-refractivity contribution in [1.29, 1.82) is 0 Å². The van der Waals surface area contributed by atoms with E-state index in [1.54, 1.807) is 6.92 Å². The fourth-order valence-electron chi connectivity index (χ4n) is 1.74. The highest BCUT2D eigenvalue weighted by Gasteiger charge is 2.29. The van der Waals surface area contributed by atoms with Gasteiger partial charge in [0.1, 0.15) is 12.1 Å². The molecule has 0 aliphatic carbocycles. The first-order chi connectivity index (χ1) is 10.2. The average Bonchev–Trinajstić information content (AvgIpc) is 2.47. The lowest BCUT2D eigenvalue weighted by Crippen LogP contribution is -2.55. The molecule has 7 nitrogen and oxygen atoms in total. The van der Waals surface area contributed by atoms with Crippen LogP contribution in [0.25, 0.3) is 0 Å². The van der Waals surface area contributed by atoms with E-state index in [1.807, 2.05) is 13.2 Å². The van der Waals surface area contributed by atoms with E-state index in [9.17, 15) is 19.5 Å². The number of hydrogen-bond acceptors (Lipinski definition) is 5. The van der Waals surface area contributed by atoms with E-state index in [4.69, 9.17) is 5.73 Å². The molecule has 128 valence electrons. The van der Waals surface area contributed by atoms with Crippen LogP contribution in [0.15, 0.2) is 0 Å². The molecule has 0 fully saturated rings. The van der Waals surface area contributed by atoms with Crippen molar-refractivity contribution in [3.05, 3.63) is 0 Å². The largest absolute Gasteiger partial charge is 0.480 e. The zero-order valence-corrected chi connectivity index (χ0v) is 14.4. The minimum Gasteiger partial charge on any atom is -0.480 e. The predicted molar refractivity (Wildman–Crippen MR) is 87.6 cm³/mol. The number of nitrogens with two attached hydrogens (primary N) is 1. The summed E-state index contributed by atoms with van der Waals surface area (Å²) in [5, 5.41) is 14.3. The van der Waals surface area contributed by atoms with Crippen molar-refractivity contribution in [1.82, 2.24) is 10.6 Å². The summed E-state index contributed by atoms with van der Waals surface area (Å²) >= 11 is 1.54. The third-order valence-electron chi connectivity index (χ3n) is 3.43. The van der Waals surface area contributed by atoms with Gasteiger partial charge in [-0.25, -0.2) is 4.79 Å². The average molecular weight is 333 g/mol. The molecule has 0 aromatic carbocycles. The standard InChI is InChI=1S/C14H27N3O4S/c1-5-8(2)11(14(20)21)17-13(19)10(6-7-22-4)16-12(18)9(3)15/h8-11H,5-7,15H2,1-4H3,(H,16,18)(H,17,19)(H,20,21)/t8-,9-,10-,11-/m0/s1. The number of nitrogens with one attached hydrogen (secondary N) is 2. The van der Waals surface area contributed by atoms with Gasteiger partial charge in [-0.05, 0) is 31.3 Å². The summed E-state index contributed by atoms with van der Waals surface area (Å²) in [7, 11) is 0. The van der Waals surface area contributed by atoms with Gasteiger partial charge in [0.2, 0.25) is 11.8 Å². The molecular weight excluding hydrogens is 306 g/mol. The zero-order valence-electron chi connectivity index (χ0n) is 13.6. The van der Waals surface area contributed by atoms with Crippen molar-refractivity contribution in [2.24, 2.45) is 11.7 Å². The monoisotopic (exact) mass is 333 g/mol. The normalized spacial score (nSPS) is 16.2. The second kappa shape index (κ2) is 10.4. The molecular formula is C14H27N3O4S.